The Hall–Kier alpha value is -4.17. The van der Waals surface area contributed by atoms with Gasteiger partial charge in [-0.15, -0.1) is 0 Å². The van der Waals surface area contributed by atoms with Crippen molar-refractivity contribution in [3.8, 4) is 0 Å². The molecule has 1 heterocycles. The Kier molecular flexibility index (Phi) is 5.50. The van der Waals surface area contributed by atoms with Gasteiger partial charge in [0.05, 0.1) is 12.0 Å². The first-order valence-corrected chi connectivity index (χ1v) is 10.8. The van der Waals surface area contributed by atoms with E-state index in [-0.39, 0.29) is 0 Å². The summed E-state index contributed by atoms with van der Waals surface area (Å²) in [6.45, 7) is 0. The Morgan fingerprint density at radius 1 is 0.531 bits per heavy atom. The van der Waals surface area contributed by atoms with Gasteiger partial charge >= 0.3 is 0 Å². The van der Waals surface area contributed by atoms with Crippen molar-refractivity contribution in [2.75, 3.05) is 0 Å². The number of nitrogens with zero attached hydrogens (tertiary/aromatic N) is 2. The van der Waals surface area contributed by atoms with Crippen molar-refractivity contribution in [2.24, 2.45) is 0 Å². The second-order valence-corrected chi connectivity index (χ2v) is 7.76. The molecule has 0 spiro atoms. The maximum Gasteiger partial charge on any atom is 0.121 e. The molecule has 0 aliphatic carbocycles. The number of imidazole rings is 1. The van der Waals surface area contributed by atoms with E-state index < -0.39 is 5.54 Å². The predicted octanol–water partition coefficient (Wildman–Crippen LogP) is 6.89. The second-order valence-electron chi connectivity index (χ2n) is 7.76. The lowest BCUT2D eigenvalue weighted by Crippen LogP contribution is -2.36. The standard InChI is InChI=1S/C30H24N2/c1-5-13-25(14-6-1)21-22-29-23-32(24-31-29)30(26-15-7-2-8-16-26,27-17-9-3-10-18-27)28-19-11-4-12-20-28/h1-24H/b22-21+. The Bertz CT molecular complexity index is 1190. The van der Waals surface area contributed by atoms with Gasteiger partial charge in [-0.1, -0.05) is 127 Å². The maximum absolute atomic E-state index is 4.75. The summed E-state index contributed by atoms with van der Waals surface area (Å²) in [4.78, 5) is 4.75. The van der Waals surface area contributed by atoms with Gasteiger partial charge in [0.25, 0.3) is 0 Å². The van der Waals surface area contributed by atoms with Gasteiger partial charge in [0.15, 0.2) is 0 Å². The molecule has 0 aliphatic heterocycles. The average molecular weight is 413 g/mol. The van der Waals surface area contributed by atoms with E-state index in [0.29, 0.717) is 0 Å². The zero-order valence-corrected chi connectivity index (χ0v) is 17.8. The number of hydrogen-bond donors (Lipinski definition) is 0. The van der Waals surface area contributed by atoms with Gasteiger partial charge < -0.3 is 4.57 Å². The van der Waals surface area contributed by atoms with Crippen LogP contribution >= 0.6 is 0 Å². The highest BCUT2D eigenvalue weighted by atomic mass is 15.1. The molecule has 0 aliphatic rings. The largest absolute Gasteiger partial charge is 0.318 e. The van der Waals surface area contributed by atoms with Crippen LogP contribution in [0.25, 0.3) is 12.2 Å². The number of rotatable bonds is 6. The lowest BCUT2D eigenvalue weighted by Gasteiger charge is -2.37. The zero-order chi connectivity index (χ0) is 21.6. The summed E-state index contributed by atoms with van der Waals surface area (Å²) in [5.74, 6) is 0. The normalized spacial score (nSPS) is 11.6. The monoisotopic (exact) mass is 412 g/mol. The fourth-order valence-corrected chi connectivity index (χ4v) is 4.34. The third-order valence-corrected chi connectivity index (χ3v) is 5.81. The smallest absolute Gasteiger partial charge is 0.121 e. The molecule has 32 heavy (non-hydrogen) atoms. The Balaban J connectivity index is 1.71. The highest BCUT2D eigenvalue weighted by Crippen LogP contribution is 2.40. The molecule has 0 unspecified atom stereocenters. The first kappa shape index (κ1) is 19.8. The van der Waals surface area contributed by atoms with E-state index in [9.17, 15) is 0 Å². The topological polar surface area (TPSA) is 17.8 Å². The second kappa shape index (κ2) is 8.91. The van der Waals surface area contributed by atoms with E-state index in [4.69, 9.17) is 4.98 Å². The number of benzene rings is 4. The van der Waals surface area contributed by atoms with Crippen molar-refractivity contribution >= 4 is 12.2 Å². The summed E-state index contributed by atoms with van der Waals surface area (Å²) in [7, 11) is 0. The zero-order valence-electron chi connectivity index (χ0n) is 17.8. The molecular weight excluding hydrogens is 388 g/mol. The third kappa shape index (κ3) is 3.67. The van der Waals surface area contributed by atoms with Crippen molar-refractivity contribution in [1.82, 2.24) is 9.55 Å². The Morgan fingerprint density at radius 2 is 0.969 bits per heavy atom. The first-order chi connectivity index (χ1) is 15.9. The van der Waals surface area contributed by atoms with E-state index in [2.05, 4.69) is 126 Å². The molecule has 5 rings (SSSR count). The van der Waals surface area contributed by atoms with Crippen molar-refractivity contribution in [1.29, 1.82) is 0 Å². The molecule has 0 bridgehead atoms. The van der Waals surface area contributed by atoms with Gasteiger partial charge in [0, 0.05) is 6.20 Å². The molecule has 1 aromatic heterocycles. The molecule has 5 aromatic rings. The van der Waals surface area contributed by atoms with Crippen molar-refractivity contribution in [2.45, 2.75) is 5.54 Å². The molecule has 2 heteroatoms. The molecule has 4 aromatic carbocycles. The van der Waals surface area contributed by atoms with Crippen LogP contribution in [0, 0.1) is 0 Å². The molecule has 0 amide bonds. The molecule has 0 N–H and O–H groups in total. The van der Waals surface area contributed by atoms with Crippen molar-refractivity contribution < 1.29 is 0 Å². The van der Waals surface area contributed by atoms with Crippen LogP contribution in [0.5, 0.6) is 0 Å². The van der Waals surface area contributed by atoms with Gasteiger partial charge in [0.1, 0.15) is 5.54 Å². The summed E-state index contributed by atoms with van der Waals surface area (Å²) < 4.78 is 2.23. The molecule has 0 atom stereocenters. The SMILES string of the molecule is C(=C\c1cn(C(c2ccccc2)(c2ccccc2)c2ccccc2)cn1)/c1ccccc1. The van der Waals surface area contributed by atoms with Crippen LogP contribution in [-0.2, 0) is 5.54 Å². The summed E-state index contributed by atoms with van der Waals surface area (Å²) in [6.07, 6.45) is 8.24. The third-order valence-electron chi connectivity index (χ3n) is 5.81. The van der Waals surface area contributed by atoms with Crippen LogP contribution in [0.3, 0.4) is 0 Å². The van der Waals surface area contributed by atoms with E-state index in [0.717, 1.165) is 11.3 Å². The van der Waals surface area contributed by atoms with E-state index in [1.807, 2.05) is 24.5 Å². The average Bonchev–Trinajstić information content (AvgIpc) is 3.35. The van der Waals surface area contributed by atoms with Gasteiger partial charge in [-0.05, 0) is 28.3 Å². The Morgan fingerprint density at radius 3 is 1.44 bits per heavy atom. The Labute approximate surface area is 189 Å². The highest BCUT2D eigenvalue weighted by Gasteiger charge is 2.38. The van der Waals surface area contributed by atoms with Crippen LogP contribution < -0.4 is 0 Å². The fourth-order valence-electron chi connectivity index (χ4n) is 4.34. The van der Waals surface area contributed by atoms with E-state index in [1.54, 1.807) is 0 Å². The quantitative estimate of drug-likeness (QED) is 0.278. The van der Waals surface area contributed by atoms with Crippen molar-refractivity contribution in [3.63, 3.8) is 0 Å². The lowest BCUT2D eigenvalue weighted by molar-refractivity contribution is 0.514. The van der Waals surface area contributed by atoms with Gasteiger partial charge in [-0.25, -0.2) is 4.98 Å². The molecule has 0 fully saturated rings. The van der Waals surface area contributed by atoms with Crippen LogP contribution in [0.1, 0.15) is 27.9 Å². The van der Waals surface area contributed by atoms with E-state index in [1.165, 1.54) is 16.7 Å². The van der Waals surface area contributed by atoms with Crippen LogP contribution in [-0.4, -0.2) is 9.55 Å². The van der Waals surface area contributed by atoms with E-state index >= 15 is 0 Å². The summed E-state index contributed by atoms with van der Waals surface area (Å²) >= 11 is 0. The number of aromatic nitrogens is 2. The molecular formula is C30H24N2. The van der Waals surface area contributed by atoms with Crippen LogP contribution in [0.2, 0.25) is 0 Å². The predicted molar refractivity (Wildman–Crippen MR) is 132 cm³/mol. The van der Waals surface area contributed by atoms with Gasteiger partial charge in [-0.2, -0.15) is 0 Å². The maximum atomic E-state index is 4.75. The first-order valence-electron chi connectivity index (χ1n) is 10.8. The van der Waals surface area contributed by atoms with Gasteiger partial charge in [-0.3, -0.25) is 0 Å². The molecule has 2 nitrogen and oxygen atoms in total. The summed E-state index contributed by atoms with van der Waals surface area (Å²) in [5, 5.41) is 0. The van der Waals surface area contributed by atoms with Crippen molar-refractivity contribution in [3.05, 3.63) is 162 Å². The fraction of sp³-hybridized carbons (Fsp3) is 0.0333. The molecule has 154 valence electrons. The minimum Gasteiger partial charge on any atom is -0.318 e. The summed E-state index contributed by atoms with van der Waals surface area (Å²) in [5.41, 5.74) is 5.11. The van der Waals surface area contributed by atoms with Gasteiger partial charge in [0.2, 0.25) is 0 Å². The lowest BCUT2D eigenvalue weighted by atomic mass is 9.77. The summed E-state index contributed by atoms with van der Waals surface area (Å²) in [6, 6.07) is 42.3. The highest BCUT2D eigenvalue weighted by molar-refractivity contribution is 5.67. The van der Waals surface area contributed by atoms with Crippen LogP contribution in [0.4, 0.5) is 0 Å². The minimum absolute atomic E-state index is 0.532. The van der Waals surface area contributed by atoms with Crippen LogP contribution in [0.15, 0.2) is 134 Å². The molecule has 0 radical (unpaired) electrons. The molecule has 0 saturated carbocycles. The molecule has 0 saturated heterocycles. The number of hydrogen-bond acceptors (Lipinski definition) is 1. The minimum atomic E-state index is -0.532.